The first-order valence-electron chi connectivity index (χ1n) is 10.3. The standard InChI is InChI=1S/C23H25FN4O3/c1-16-7-8-17(12-19(16)24)21(29)28-11-5-9-23(15-28)13-20(26-31-23)22(30)27(2)14-18-6-3-4-10-25-18/h3-4,6-8,10,12H,5,9,11,13-15H2,1-2H3. The largest absolute Gasteiger partial charge is 0.386 e. The van der Waals surface area contributed by atoms with E-state index in [2.05, 4.69) is 10.1 Å². The Kier molecular flexibility index (Phi) is 5.71. The van der Waals surface area contributed by atoms with Gasteiger partial charge < -0.3 is 14.6 Å². The van der Waals surface area contributed by atoms with Crippen LogP contribution < -0.4 is 0 Å². The highest BCUT2D eigenvalue weighted by Gasteiger charge is 2.46. The van der Waals surface area contributed by atoms with Crippen molar-refractivity contribution in [3.8, 4) is 0 Å². The van der Waals surface area contributed by atoms with Crippen molar-refractivity contribution in [1.82, 2.24) is 14.8 Å². The third-order valence-corrected chi connectivity index (χ3v) is 5.80. The van der Waals surface area contributed by atoms with Crippen molar-refractivity contribution in [2.24, 2.45) is 5.16 Å². The molecule has 0 N–H and O–H groups in total. The van der Waals surface area contributed by atoms with E-state index in [1.165, 1.54) is 6.07 Å². The van der Waals surface area contributed by atoms with Crippen LogP contribution in [0.4, 0.5) is 4.39 Å². The van der Waals surface area contributed by atoms with Crippen molar-refractivity contribution in [2.75, 3.05) is 20.1 Å². The van der Waals surface area contributed by atoms with Crippen molar-refractivity contribution in [3.05, 3.63) is 65.2 Å². The van der Waals surface area contributed by atoms with Crippen LogP contribution in [0.15, 0.2) is 47.8 Å². The molecule has 1 aromatic carbocycles. The predicted octanol–water partition coefficient (Wildman–Crippen LogP) is 2.94. The second-order valence-electron chi connectivity index (χ2n) is 8.27. The maximum Gasteiger partial charge on any atom is 0.271 e. The van der Waals surface area contributed by atoms with E-state index in [1.807, 2.05) is 18.2 Å². The molecule has 1 fully saturated rings. The summed E-state index contributed by atoms with van der Waals surface area (Å²) in [6.45, 7) is 2.90. The lowest BCUT2D eigenvalue weighted by Gasteiger charge is -2.38. The van der Waals surface area contributed by atoms with Gasteiger partial charge in [-0.15, -0.1) is 0 Å². The highest BCUT2D eigenvalue weighted by atomic mass is 19.1. The van der Waals surface area contributed by atoms with Crippen LogP contribution in [0.25, 0.3) is 0 Å². The molecule has 2 aliphatic heterocycles. The number of benzene rings is 1. The normalized spacial score (nSPS) is 20.4. The Morgan fingerprint density at radius 3 is 2.87 bits per heavy atom. The molecule has 2 amide bonds. The van der Waals surface area contributed by atoms with Crippen LogP contribution in [0, 0.1) is 12.7 Å². The lowest BCUT2D eigenvalue weighted by atomic mass is 9.87. The number of piperidine rings is 1. The van der Waals surface area contributed by atoms with Crippen LogP contribution in [0.3, 0.4) is 0 Å². The predicted molar refractivity (Wildman–Crippen MR) is 113 cm³/mol. The average molecular weight is 424 g/mol. The summed E-state index contributed by atoms with van der Waals surface area (Å²) in [4.78, 5) is 39.0. The number of likely N-dealkylation sites (tertiary alicyclic amines) is 1. The Bertz CT molecular complexity index is 1030. The van der Waals surface area contributed by atoms with E-state index in [0.29, 0.717) is 49.3 Å². The van der Waals surface area contributed by atoms with Gasteiger partial charge >= 0.3 is 0 Å². The van der Waals surface area contributed by atoms with Crippen LogP contribution in [-0.2, 0) is 16.2 Å². The fourth-order valence-corrected chi connectivity index (χ4v) is 4.06. The smallest absolute Gasteiger partial charge is 0.271 e. The fraction of sp³-hybridized carbons (Fsp3) is 0.391. The van der Waals surface area contributed by atoms with Gasteiger partial charge in [0.25, 0.3) is 11.8 Å². The Hall–Kier alpha value is -3.29. The first-order chi connectivity index (χ1) is 14.9. The van der Waals surface area contributed by atoms with Gasteiger partial charge in [-0.3, -0.25) is 14.6 Å². The molecule has 162 valence electrons. The summed E-state index contributed by atoms with van der Waals surface area (Å²) < 4.78 is 13.9. The molecule has 3 heterocycles. The van der Waals surface area contributed by atoms with Gasteiger partial charge in [-0.2, -0.15) is 0 Å². The van der Waals surface area contributed by atoms with Crippen LogP contribution in [0.5, 0.6) is 0 Å². The Labute approximate surface area is 180 Å². The second kappa shape index (κ2) is 8.45. The molecule has 1 spiro atoms. The lowest BCUT2D eigenvalue weighted by molar-refractivity contribution is -0.123. The van der Waals surface area contributed by atoms with E-state index in [4.69, 9.17) is 4.84 Å². The third kappa shape index (κ3) is 4.42. The first-order valence-corrected chi connectivity index (χ1v) is 10.3. The molecule has 4 rings (SSSR count). The number of carbonyl (C=O) groups is 2. The monoisotopic (exact) mass is 424 g/mol. The van der Waals surface area contributed by atoms with E-state index in [0.717, 1.165) is 12.1 Å². The number of carbonyl (C=O) groups excluding carboxylic acids is 2. The van der Waals surface area contributed by atoms with Gasteiger partial charge in [0.15, 0.2) is 5.60 Å². The Balaban J connectivity index is 1.41. The van der Waals surface area contributed by atoms with Gasteiger partial charge in [0, 0.05) is 31.8 Å². The van der Waals surface area contributed by atoms with Gasteiger partial charge in [0.1, 0.15) is 11.5 Å². The summed E-state index contributed by atoms with van der Waals surface area (Å²) in [5.74, 6) is -0.859. The molecule has 2 aliphatic rings. The number of amides is 2. The summed E-state index contributed by atoms with van der Waals surface area (Å²) in [6, 6.07) is 10.1. The summed E-state index contributed by atoms with van der Waals surface area (Å²) in [5.41, 5.74) is 1.22. The van der Waals surface area contributed by atoms with Crippen LogP contribution >= 0.6 is 0 Å². The minimum atomic E-state index is -0.714. The van der Waals surface area contributed by atoms with E-state index < -0.39 is 11.4 Å². The van der Waals surface area contributed by atoms with Gasteiger partial charge in [-0.05, 0) is 49.6 Å². The van der Waals surface area contributed by atoms with Gasteiger partial charge in [0.05, 0.1) is 18.8 Å². The number of rotatable bonds is 4. The molecule has 1 atom stereocenters. The molecule has 1 saturated heterocycles. The van der Waals surface area contributed by atoms with Crippen LogP contribution in [0.1, 0.15) is 40.9 Å². The molecule has 0 saturated carbocycles. The van der Waals surface area contributed by atoms with E-state index in [-0.39, 0.29) is 11.8 Å². The average Bonchev–Trinajstić information content (AvgIpc) is 3.18. The molecule has 0 bridgehead atoms. The molecule has 8 heteroatoms. The summed E-state index contributed by atoms with van der Waals surface area (Å²) in [5, 5.41) is 4.07. The van der Waals surface area contributed by atoms with Crippen molar-refractivity contribution < 1.29 is 18.8 Å². The number of hydrogen-bond acceptors (Lipinski definition) is 5. The molecular formula is C23H25FN4O3. The summed E-state index contributed by atoms with van der Waals surface area (Å²) in [6.07, 6.45) is 3.45. The van der Waals surface area contributed by atoms with Crippen LogP contribution in [-0.4, -0.2) is 58.0 Å². The molecule has 7 nitrogen and oxygen atoms in total. The zero-order chi connectivity index (χ0) is 22.0. The summed E-state index contributed by atoms with van der Waals surface area (Å²) in [7, 11) is 1.70. The van der Waals surface area contributed by atoms with Crippen molar-refractivity contribution in [2.45, 2.75) is 38.3 Å². The van der Waals surface area contributed by atoms with E-state index >= 15 is 0 Å². The number of oxime groups is 1. The SMILES string of the molecule is Cc1ccc(C(=O)N2CCCC3(CC(C(=O)N(C)Cc4ccccn4)=NO3)C2)cc1F. The van der Waals surface area contributed by atoms with Crippen molar-refractivity contribution in [3.63, 3.8) is 0 Å². The fourth-order valence-electron chi connectivity index (χ4n) is 4.06. The van der Waals surface area contributed by atoms with Crippen molar-refractivity contribution in [1.29, 1.82) is 0 Å². The highest BCUT2D eigenvalue weighted by molar-refractivity contribution is 6.39. The molecule has 0 aliphatic carbocycles. The highest BCUT2D eigenvalue weighted by Crippen LogP contribution is 2.34. The molecule has 1 aromatic heterocycles. The molecule has 1 unspecified atom stereocenters. The number of hydrogen-bond donors (Lipinski definition) is 0. The second-order valence-corrected chi connectivity index (χ2v) is 8.27. The third-order valence-electron chi connectivity index (χ3n) is 5.80. The number of halogens is 1. The number of aryl methyl sites for hydroxylation is 1. The zero-order valence-corrected chi connectivity index (χ0v) is 17.7. The topological polar surface area (TPSA) is 75.1 Å². The quantitative estimate of drug-likeness (QED) is 0.756. The molecule has 31 heavy (non-hydrogen) atoms. The zero-order valence-electron chi connectivity index (χ0n) is 17.7. The van der Waals surface area contributed by atoms with Gasteiger partial charge in [-0.1, -0.05) is 17.3 Å². The number of pyridine rings is 1. The first kappa shape index (κ1) is 21.0. The maximum atomic E-state index is 13.9. The van der Waals surface area contributed by atoms with Gasteiger partial charge in [0.2, 0.25) is 0 Å². The lowest BCUT2D eigenvalue weighted by Crippen LogP contribution is -2.51. The molecule has 0 radical (unpaired) electrons. The van der Waals surface area contributed by atoms with E-state index in [1.54, 1.807) is 42.1 Å². The number of nitrogens with zero attached hydrogens (tertiary/aromatic N) is 4. The number of aromatic nitrogens is 1. The van der Waals surface area contributed by atoms with Crippen molar-refractivity contribution >= 4 is 17.5 Å². The van der Waals surface area contributed by atoms with Crippen LogP contribution in [0.2, 0.25) is 0 Å². The Morgan fingerprint density at radius 2 is 2.13 bits per heavy atom. The van der Waals surface area contributed by atoms with E-state index in [9.17, 15) is 14.0 Å². The summed E-state index contributed by atoms with van der Waals surface area (Å²) >= 11 is 0. The minimum Gasteiger partial charge on any atom is -0.386 e. The maximum absolute atomic E-state index is 13.9. The minimum absolute atomic E-state index is 0.216. The van der Waals surface area contributed by atoms with Gasteiger partial charge in [-0.25, -0.2) is 4.39 Å². The molecule has 2 aromatic rings. The molecular weight excluding hydrogens is 399 g/mol. The Morgan fingerprint density at radius 1 is 1.29 bits per heavy atom.